The van der Waals surface area contributed by atoms with Gasteiger partial charge in [0.2, 0.25) is 5.95 Å². The van der Waals surface area contributed by atoms with Crippen molar-refractivity contribution in [1.29, 1.82) is 0 Å². The molecule has 0 atom stereocenters. The number of rotatable bonds is 4. The minimum Gasteiger partial charge on any atom is -0.294 e. The molecular formula is C39H25N5. The highest BCUT2D eigenvalue weighted by atomic mass is 15.2. The van der Waals surface area contributed by atoms with Gasteiger partial charge in [-0.15, -0.1) is 0 Å². The Hall–Kier alpha value is -6.07. The molecule has 0 aliphatic heterocycles. The van der Waals surface area contributed by atoms with Gasteiger partial charge in [0.05, 0.1) is 33.3 Å². The summed E-state index contributed by atoms with van der Waals surface area (Å²) >= 11 is 0. The number of benzene rings is 5. The van der Waals surface area contributed by atoms with Crippen molar-refractivity contribution in [3.8, 4) is 34.2 Å². The van der Waals surface area contributed by atoms with Gasteiger partial charge in [0.1, 0.15) is 5.65 Å². The molecule has 4 aromatic heterocycles. The predicted molar refractivity (Wildman–Crippen MR) is 179 cm³/mol. The third kappa shape index (κ3) is 3.69. The topological polar surface area (TPSA) is 48.5 Å². The molecular weight excluding hydrogens is 538 g/mol. The quantitative estimate of drug-likeness (QED) is 0.214. The van der Waals surface area contributed by atoms with Crippen LogP contribution in [0.3, 0.4) is 0 Å². The molecule has 9 rings (SSSR count). The van der Waals surface area contributed by atoms with Crippen LogP contribution in [0.15, 0.2) is 152 Å². The van der Waals surface area contributed by atoms with Crippen LogP contribution in [0.5, 0.6) is 0 Å². The predicted octanol–water partition coefficient (Wildman–Crippen LogP) is 9.40. The largest absolute Gasteiger partial charge is 0.294 e. The van der Waals surface area contributed by atoms with Crippen LogP contribution in [0.2, 0.25) is 0 Å². The van der Waals surface area contributed by atoms with Gasteiger partial charge >= 0.3 is 0 Å². The smallest absolute Gasteiger partial charge is 0.235 e. The zero-order valence-corrected chi connectivity index (χ0v) is 23.7. The highest BCUT2D eigenvalue weighted by molar-refractivity contribution is 6.24. The number of aromatic nitrogens is 5. The van der Waals surface area contributed by atoms with Gasteiger partial charge in [0.15, 0.2) is 0 Å². The van der Waals surface area contributed by atoms with Crippen LogP contribution in [0, 0.1) is 0 Å². The summed E-state index contributed by atoms with van der Waals surface area (Å²) in [4.78, 5) is 15.6. The molecule has 5 heteroatoms. The number of hydrogen-bond acceptors (Lipinski definition) is 3. The molecule has 0 fully saturated rings. The van der Waals surface area contributed by atoms with Gasteiger partial charge in [-0.2, -0.15) is 0 Å². The van der Waals surface area contributed by atoms with Crippen LogP contribution in [0.1, 0.15) is 0 Å². The molecule has 0 spiro atoms. The summed E-state index contributed by atoms with van der Waals surface area (Å²) < 4.78 is 4.48. The molecule has 0 saturated heterocycles. The second kappa shape index (κ2) is 9.75. The van der Waals surface area contributed by atoms with E-state index in [2.05, 4.69) is 112 Å². The monoisotopic (exact) mass is 563 g/mol. The van der Waals surface area contributed by atoms with Crippen LogP contribution in [-0.4, -0.2) is 24.1 Å². The molecule has 0 saturated carbocycles. The summed E-state index contributed by atoms with van der Waals surface area (Å²) in [7, 11) is 0. The van der Waals surface area contributed by atoms with Crippen molar-refractivity contribution in [3.63, 3.8) is 0 Å². The third-order valence-electron chi connectivity index (χ3n) is 8.38. The van der Waals surface area contributed by atoms with Gasteiger partial charge in [-0.1, -0.05) is 115 Å². The van der Waals surface area contributed by atoms with E-state index in [1.54, 1.807) is 0 Å². The van der Waals surface area contributed by atoms with E-state index >= 15 is 0 Å². The molecule has 206 valence electrons. The summed E-state index contributed by atoms with van der Waals surface area (Å²) in [6.07, 6.45) is 2.01. The minimum atomic E-state index is 0.625. The fraction of sp³-hybridized carbons (Fsp3) is 0. The van der Waals surface area contributed by atoms with Crippen LogP contribution >= 0.6 is 0 Å². The maximum Gasteiger partial charge on any atom is 0.235 e. The van der Waals surface area contributed by atoms with Crippen molar-refractivity contribution in [2.75, 3.05) is 0 Å². The summed E-state index contributed by atoms with van der Waals surface area (Å²) in [5, 5.41) is 4.39. The van der Waals surface area contributed by atoms with Gasteiger partial charge in [-0.3, -0.25) is 9.13 Å². The summed E-state index contributed by atoms with van der Waals surface area (Å²) in [5.74, 6) is 0.625. The third-order valence-corrected chi connectivity index (χ3v) is 8.38. The number of pyridine rings is 1. The van der Waals surface area contributed by atoms with E-state index < -0.39 is 0 Å². The second-order valence-corrected chi connectivity index (χ2v) is 10.9. The Morgan fingerprint density at radius 3 is 1.61 bits per heavy atom. The normalized spacial score (nSPS) is 11.6. The van der Waals surface area contributed by atoms with Crippen LogP contribution in [0.25, 0.3) is 77.9 Å². The first-order valence-electron chi connectivity index (χ1n) is 14.7. The van der Waals surface area contributed by atoms with Crippen molar-refractivity contribution in [2.24, 2.45) is 0 Å². The molecule has 9 aromatic rings. The molecule has 0 bridgehead atoms. The molecule has 0 aliphatic carbocycles. The molecule has 44 heavy (non-hydrogen) atoms. The lowest BCUT2D eigenvalue weighted by atomic mass is 10.1. The summed E-state index contributed by atoms with van der Waals surface area (Å²) in [6.45, 7) is 0. The van der Waals surface area contributed by atoms with Crippen LogP contribution in [-0.2, 0) is 0 Å². The van der Waals surface area contributed by atoms with Crippen molar-refractivity contribution in [1.82, 2.24) is 24.1 Å². The Kier molecular flexibility index (Phi) is 5.43. The lowest BCUT2D eigenvalue weighted by Crippen LogP contribution is -2.04. The Labute approximate surface area is 253 Å². The summed E-state index contributed by atoms with van der Waals surface area (Å²) in [5.41, 5.74) is 9.00. The van der Waals surface area contributed by atoms with Gasteiger partial charge in [0, 0.05) is 39.2 Å². The van der Waals surface area contributed by atoms with E-state index in [9.17, 15) is 0 Å². The second-order valence-electron chi connectivity index (χ2n) is 10.9. The Balaban J connectivity index is 1.46. The first kappa shape index (κ1) is 24.5. The van der Waals surface area contributed by atoms with Gasteiger partial charge in [-0.25, -0.2) is 15.0 Å². The average Bonchev–Trinajstić information content (AvgIpc) is 3.62. The number of fused-ring (bicyclic) bond motifs is 7. The molecule has 0 radical (unpaired) electrons. The van der Waals surface area contributed by atoms with Crippen molar-refractivity contribution < 1.29 is 0 Å². The fourth-order valence-electron chi connectivity index (χ4n) is 6.44. The van der Waals surface area contributed by atoms with Crippen molar-refractivity contribution >= 4 is 43.7 Å². The zero-order valence-electron chi connectivity index (χ0n) is 23.7. The van der Waals surface area contributed by atoms with Crippen LogP contribution < -0.4 is 0 Å². The van der Waals surface area contributed by atoms with E-state index in [0.717, 1.165) is 71.9 Å². The Morgan fingerprint density at radius 2 is 0.977 bits per heavy atom. The summed E-state index contributed by atoms with van der Waals surface area (Å²) in [6, 6.07) is 50.2. The van der Waals surface area contributed by atoms with Gasteiger partial charge < -0.3 is 0 Å². The first-order valence-corrected chi connectivity index (χ1v) is 14.7. The minimum absolute atomic E-state index is 0.625. The Bertz CT molecular complexity index is 2420. The van der Waals surface area contributed by atoms with Crippen molar-refractivity contribution in [2.45, 2.75) is 0 Å². The average molecular weight is 564 g/mol. The van der Waals surface area contributed by atoms with E-state index in [1.165, 1.54) is 0 Å². The number of para-hydroxylation sites is 3. The van der Waals surface area contributed by atoms with Gasteiger partial charge in [0.25, 0.3) is 0 Å². The van der Waals surface area contributed by atoms with E-state index in [-0.39, 0.29) is 0 Å². The van der Waals surface area contributed by atoms with E-state index in [4.69, 9.17) is 15.0 Å². The maximum absolute atomic E-state index is 5.25. The van der Waals surface area contributed by atoms with E-state index in [1.807, 2.05) is 48.7 Å². The zero-order chi connectivity index (χ0) is 29.0. The highest BCUT2D eigenvalue weighted by Gasteiger charge is 2.23. The molecule has 0 amide bonds. The molecule has 0 N–H and O–H groups in total. The number of hydrogen-bond donors (Lipinski definition) is 0. The standard InChI is InChI=1S/C39H25N5/c1-4-14-26(15-5-1)32-24-33(27-16-6-2-7-17-27)42-39(41-32)44-34-22-12-10-20-29(34)31-25-40-38-36(37(31)44)30-21-11-13-23-35(30)43(38)28-18-8-3-9-19-28/h1-25H. The molecule has 0 aliphatic rings. The van der Waals surface area contributed by atoms with E-state index in [0.29, 0.717) is 5.95 Å². The van der Waals surface area contributed by atoms with Gasteiger partial charge in [-0.05, 0) is 30.3 Å². The highest BCUT2D eigenvalue weighted by Crippen LogP contribution is 2.40. The lowest BCUT2D eigenvalue weighted by Gasteiger charge is -2.12. The SMILES string of the molecule is c1ccc(-c2cc(-c3ccccc3)nc(-n3c4ccccc4c4cnc5c(c6ccccc6n5-c5ccccc5)c43)n2)cc1. The number of nitrogens with zero attached hydrogens (tertiary/aromatic N) is 5. The first-order chi connectivity index (χ1) is 21.8. The maximum atomic E-state index is 5.25. The molecule has 0 unspecified atom stereocenters. The molecule has 4 heterocycles. The van der Waals surface area contributed by atoms with Crippen molar-refractivity contribution in [3.05, 3.63) is 152 Å². The molecule has 5 aromatic carbocycles. The fourth-order valence-corrected chi connectivity index (χ4v) is 6.44. The lowest BCUT2D eigenvalue weighted by molar-refractivity contribution is 0.997. The van der Waals surface area contributed by atoms with Crippen LogP contribution in [0.4, 0.5) is 0 Å². The molecule has 5 nitrogen and oxygen atoms in total. The Morgan fingerprint density at radius 1 is 0.455 bits per heavy atom.